The molecule has 2 rings (SSSR count). The third kappa shape index (κ3) is 2.59. The fraction of sp³-hybridized carbons (Fsp3) is 0.0909. The molecule has 9 heteroatoms. The number of nitro groups is 1. The molecule has 0 atom stereocenters. The first-order valence-electron chi connectivity index (χ1n) is 5.28. The molecular formula is C11H7ClFN3O4. The van der Waals surface area contributed by atoms with Crippen LogP contribution in [0.5, 0.6) is 0 Å². The van der Waals surface area contributed by atoms with Crippen molar-refractivity contribution in [3.05, 3.63) is 56.6 Å². The molecule has 20 heavy (non-hydrogen) atoms. The Morgan fingerprint density at radius 3 is 2.80 bits per heavy atom. The fourth-order valence-corrected chi connectivity index (χ4v) is 1.81. The Bertz CT molecular complexity index is 669. The number of nitrogens with zero attached hydrogens (tertiary/aromatic N) is 3. The van der Waals surface area contributed by atoms with Crippen molar-refractivity contribution in [1.29, 1.82) is 0 Å². The molecule has 0 amide bonds. The van der Waals surface area contributed by atoms with E-state index in [0.717, 1.165) is 10.9 Å². The molecule has 2 aromatic rings. The van der Waals surface area contributed by atoms with Crippen LogP contribution in [0.25, 0.3) is 0 Å². The van der Waals surface area contributed by atoms with E-state index in [4.69, 9.17) is 16.7 Å². The summed E-state index contributed by atoms with van der Waals surface area (Å²) >= 11 is 5.75. The third-order valence-corrected chi connectivity index (χ3v) is 2.93. The van der Waals surface area contributed by atoms with Gasteiger partial charge in [-0.05, 0) is 11.6 Å². The molecule has 0 unspecified atom stereocenters. The monoisotopic (exact) mass is 299 g/mol. The molecule has 0 saturated heterocycles. The fourth-order valence-electron chi connectivity index (χ4n) is 1.62. The van der Waals surface area contributed by atoms with E-state index in [1.54, 1.807) is 0 Å². The normalized spacial score (nSPS) is 10.5. The van der Waals surface area contributed by atoms with Gasteiger partial charge in [0.1, 0.15) is 12.0 Å². The second-order valence-corrected chi connectivity index (χ2v) is 4.21. The van der Waals surface area contributed by atoms with E-state index in [1.165, 1.54) is 18.2 Å². The van der Waals surface area contributed by atoms with E-state index in [2.05, 4.69) is 5.10 Å². The van der Waals surface area contributed by atoms with Crippen molar-refractivity contribution in [2.75, 3.05) is 0 Å². The summed E-state index contributed by atoms with van der Waals surface area (Å²) in [5.74, 6) is -2.15. The van der Waals surface area contributed by atoms with E-state index >= 15 is 0 Å². The van der Waals surface area contributed by atoms with Gasteiger partial charge in [-0.1, -0.05) is 23.7 Å². The summed E-state index contributed by atoms with van der Waals surface area (Å²) in [6.45, 7) is -0.0787. The van der Waals surface area contributed by atoms with E-state index < -0.39 is 28.1 Å². The maximum Gasteiger partial charge on any atom is 0.363 e. The van der Waals surface area contributed by atoms with Gasteiger partial charge >= 0.3 is 11.7 Å². The van der Waals surface area contributed by atoms with Crippen LogP contribution >= 0.6 is 11.6 Å². The number of halogens is 2. The van der Waals surface area contributed by atoms with Crippen LogP contribution in [0.3, 0.4) is 0 Å². The average Bonchev–Trinajstić information content (AvgIpc) is 2.79. The van der Waals surface area contributed by atoms with Gasteiger partial charge in [-0.15, -0.1) is 0 Å². The van der Waals surface area contributed by atoms with E-state index in [9.17, 15) is 19.3 Å². The largest absolute Gasteiger partial charge is 0.476 e. The van der Waals surface area contributed by atoms with Gasteiger partial charge in [0.05, 0.1) is 16.5 Å². The van der Waals surface area contributed by atoms with Gasteiger partial charge in [0.15, 0.2) is 0 Å². The van der Waals surface area contributed by atoms with Crippen LogP contribution in [0.2, 0.25) is 5.02 Å². The number of benzene rings is 1. The van der Waals surface area contributed by atoms with E-state index in [-0.39, 0.29) is 11.6 Å². The van der Waals surface area contributed by atoms with Crippen LogP contribution in [-0.2, 0) is 6.54 Å². The first-order valence-corrected chi connectivity index (χ1v) is 5.66. The molecule has 1 heterocycles. The Balaban J connectivity index is 2.40. The van der Waals surface area contributed by atoms with Crippen molar-refractivity contribution in [2.45, 2.75) is 6.54 Å². The summed E-state index contributed by atoms with van der Waals surface area (Å²) in [7, 11) is 0. The lowest BCUT2D eigenvalue weighted by molar-refractivity contribution is -0.385. The number of hydrogen-bond acceptors (Lipinski definition) is 4. The van der Waals surface area contributed by atoms with Crippen molar-refractivity contribution in [1.82, 2.24) is 9.78 Å². The van der Waals surface area contributed by atoms with Gasteiger partial charge in [0, 0.05) is 0 Å². The zero-order chi connectivity index (χ0) is 14.9. The molecule has 1 N–H and O–H groups in total. The molecule has 0 spiro atoms. The van der Waals surface area contributed by atoms with Gasteiger partial charge in [-0.25, -0.2) is 9.18 Å². The van der Waals surface area contributed by atoms with Gasteiger partial charge in [0.2, 0.25) is 5.69 Å². The maximum atomic E-state index is 13.3. The number of carboxylic acids is 1. The van der Waals surface area contributed by atoms with Crippen LogP contribution in [-0.4, -0.2) is 25.8 Å². The lowest BCUT2D eigenvalue weighted by atomic mass is 10.2. The number of rotatable bonds is 4. The number of hydrogen-bond donors (Lipinski definition) is 1. The van der Waals surface area contributed by atoms with Crippen molar-refractivity contribution < 1.29 is 19.2 Å². The Labute approximate surface area is 116 Å². The van der Waals surface area contributed by atoms with Gasteiger partial charge in [0.25, 0.3) is 0 Å². The van der Waals surface area contributed by atoms with Crippen LogP contribution in [0, 0.1) is 15.9 Å². The lowest BCUT2D eigenvalue weighted by Gasteiger charge is -2.04. The molecule has 104 valence electrons. The summed E-state index contributed by atoms with van der Waals surface area (Å²) < 4.78 is 14.3. The Morgan fingerprint density at radius 2 is 2.25 bits per heavy atom. The predicted molar refractivity (Wildman–Crippen MR) is 66.4 cm³/mol. The smallest absolute Gasteiger partial charge is 0.363 e. The van der Waals surface area contributed by atoms with Crippen LogP contribution in [0.4, 0.5) is 10.1 Å². The van der Waals surface area contributed by atoms with Crippen molar-refractivity contribution in [2.24, 2.45) is 0 Å². The minimum Gasteiger partial charge on any atom is -0.476 e. The first-order chi connectivity index (χ1) is 9.40. The van der Waals surface area contributed by atoms with Crippen molar-refractivity contribution in [3.63, 3.8) is 0 Å². The summed E-state index contributed by atoms with van der Waals surface area (Å²) in [4.78, 5) is 20.7. The number of aromatic carboxylic acids is 1. The first kappa shape index (κ1) is 13.9. The summed E-state index contributed by atoms with van der Waals surface area (Å²) in [6, 6.07) is 4.10. The molecule has 7 nitrogen and oxygen atoms in total. The third-order valence-electron chi connectivity index (χ3n) is 2.51. The molecule has 0 aliphatic carbocycles. The van der Waals surface area contributed by atoms with Crippen LogP contribution in [0.1, 0.15) is 16.1 Å². The molecule has 0 bridgehead atoms. The number of aromatic nitrogens is 2. The molecule has 0 aliphatic heterocycles. The van der Waals surface area contributed by atoms with Gasteiger partial charge < -0.3 is 5.11 Å². The summed E-state index contributed by atoms with van der Waals surface area (Å²) in [5, 5.41) is 23.0. The summed E-state index contributed by atoms with van der Waals surface area (Å²) in [6.07, 6.45) is 0.963. The molecule has 0 fully saturated rings. The van der Waals surface area contributed by atoms with Gasteiger partial charge in [-0.2, -0.15) is 5.10 Å². The SMILES string of the molecule is O=C(O)c1nn(Cc2cccc(F)c2Cl)cc1[N+](=O)[O-]. The molecule has 1 aromatic carbocycles. The molecular weight excluding hydrogens is 293 g/mol. The number of carboxylic acid groups (broad SMARTS) is 1. The van der Waals surface area contributed by atoms with E-state index in [1.807, 2.05) is 0 Å². The van der Waals surface area contributed by atoms with Gasteiger partial charge in [-0.3, -0.25) is 14.8 Å². The molecule has 0 aliphatic rings. The van der Waals surface area contributed by atoms with Crippen molar-refractivity contribution >= 4 is 23.3 Å². The quantitative estimate of drug-likeness (QED) is 0.690. The second-order valence-electron chi connectivity index (χ2n) is 3.84. The highest BCUT2D eigenvalue weighted by Gasteiger charge is 2.25. The van der Waals surface area contributed by atoms with Crippen LogP contribution in [0.15, 0.2) is 24.4 Å². The molecule has 1 aromatic heterocycles. The molecule has 0 radical (unpaired) electrons. The second kappa shape index (κ2) is 5.25. The zero-order valence-corrected chi connectivity index (χ0v) is 10.5. The topological polar surface area (TPSA) is 98.3 Å². The Morgan fingerprint density at radius 1 is 1.55 bits per heavy atom. The van der Waals surface area contributed by atoms with Crippen LogP contribution < -0.4 is 0 Å². The Hall–Kier alpha value is -2.48. The minimum atomic E-state index is -1.51. The average molecular weight is 300 g/mol. The minimum absolute atomic E-state index is 0.0787. The molecule has 0 saturated carbocycles. The summed E-state index contributed by atoms with van der Waals surface area (Å²) in [5.41, 5.74) is -0.978. The standard InChI is InChI=1S/C11H7ClFN3O4/c12-9-6(2-1-3-7(9)13)4-15-5-8(16(19)20)10(14-15)11(17)18/h1-3,5H,4H2,(H,17,18). The lowest BCUT2D eigenvalue weighted by Crippen LogP contribution is -2.05. The van der Waals surface area contributed by atoms with Crippen molar-refractivity contribution in [3.8, 4) is 0 Å². The predicted octanol–water partition coefficient (Wildman–Crippen LogP) is 2.33. The highest BCUT2D eigenvalue weighted by Crippen LogP contribution is 2.22. The number of carbonyl (C=O) groups is 1. The van der Waals surface area contributed by atoms with E-state index in [0.29, 0.717) is 5.56 Å². The highest BCUT2D eigenvalue weighted by molar-refractivity contribution is 6.31. The Kier molecular flexibility index (Phi) is 3.66. The highest BCUT2D eigenvalue weighted by atomic mass is 35.5. The zero-order valence-electron chi connectivity index (χ0n) is 9.79. The maximum absolute atomic E-state index is 13.3.